The van der Waals surface area contributed by atoms with Crippen LogP contribution >= 0.6 is 0 Å². The van der Waals surface area contributed by atoms with Crippen LogP contribution in [-0.2, 0) is 4.79 Å². The minimum Gasteiger partial charge on any atom is -0.211 e. The molecule has 0 aliphatic rings. The second-order valence-corrected chi connectivity index (χ2v) is 3.26. The van der Waals surface area contributed by atoms with E-state index in [4.69, 9.17) is 0 Å². The molecule has 0 spiro atoms. The highest BCUT2D eigenvalue weighted by molar-refractivity contribution is 5.33. The SMILES string of the molecule is CC(N=C=O)C(C)(C)C. The number of aliphatic imine (C=N–C) groups is 1. The van der Waals surface area contributed by atoms with E-state index in [0.29, 0.717) is 0 Å². The molecule has 0 rings (SSSR count). The maximum atomic E-state index is 9.77. The lowest BCUT2D eigenvalue weighted by atomic mass is 9.89. The van der Waals surface area contributed by atoms with Crippen LogP contribution in [0.3, 0.4) is 0 Å². The van der Waals surface area contributed by atoms with E-state index in [0.717, 1.165) is 0 Å². The molecule has 0 aromatic carbocycles. The topological polar surface area (TPSA) is 29.4 Å². The van der Waals surface area contributed by atoms with Crippen molar-refractivity contribution in [2.75, 3.05) is 0 Å². The van der Waals surface area contributed by atoms with Gasteiger partial charge in [0.1, 0.15) is 0 Å². The summed E-state index contributed by atoms with van der Waals surface area (Å²) >= 11 is 0. The van der Waals surface area contributed by atoms with Crippen molar-refractivity contribution in [1.82, 2.24) is 0 Å². The van der Waals surface area contributed by atoms with Crippen LogP contribution < -0.4 is 0 Å². The van der Waals surface area contributed by atoms with Gasteiger partial charge in [0, 0.05) is 0 Å². The van der Waals surface area contributed by atoms with Gasteiger partial charge in [0.2, 0.25) is 6.08 Å². The predicted octanol–water partition coefficient (Wildman–Crippen LogP) is 1.76. The molecule has 1 atom stereocenters. The van der Waals surface area contributed by atoms with Crippen LogP contribution in [0.1, 0.15) is 27.7 Å². The van der Waals surface area contributed by atoms with Crippen molar-refractivity contribution in [2.45, 2.75) is 33.7 Å². The molecule has 0 aromatic rings. The third-order valence-corrected chi connectivity index (χ3v) is 1.50. The van der Waals surface area contributed by atoms with Gasteiger partial charge >= 0.3 is 0 Å². The highest BCUT2D eigenvalue weighted by Crippen LogP contribution is 2.20. The van der Waals surface area contributed by atoms with Crippen molar-refractivity contribution in [1.29, 1.82) is 0 Å². The van der Waals surface area contributed by atoms with Gasteiger partial charge in [-0.05, 0) is 12.3 Å². The second-order valence-electron chi connectivity index (χ2n) is 3.26. The van der Waals surface area contributed by atoms with Crippen LogP contribution in [0, 0.1) is 5.41 Å². The van der Waals surface area contributed by atoms with Crippen LogP contribution in [-0.4, -0.2) is 12.1 Å². The number of rotatable bonds is 1. The van der Waals surface area contributed by atoms with Crippen molar-refractivity contribution in [2.24, 2.45) is 10.4 Å². The second kappa shape index (κ2) is 2.79. The zero-order valence-electron chi connectivity index (χ0n) is 6.43. The van der Waals surface area contributed by atoms with Crippen LogP contribution in [0.5, 0.6) is 0 Å². The maximum Gasteiger partial charge on any atom is 0.235 e. The lowest BCUT2D eigenvalue weighted by Crippen LogP contribution is -2.20. The fourth-order valence-corrected chi connectivity index (χ4v) is 0.273. The summed E-state index contributed by atoms with van der Waals surface area (Å²) in [6, 6.07) is 0.0648. The monoisotopic (exact) mass is 127 g/mol. The standard InChI is InChI=1S/C7H13NO/c1-6(8-5-9)7(2,3)4/h6H,1-4H3. The molecular formula is C7H13NO. The molecule has 0 amide bonds. The van der Waals surface area contributed by atoms with Crippen LogP contribution in [0.4, 0.5) is 0 Å². The molecular weight excluding hydrogens is 114 g/mol. The minimum absolute atomic E-state index is 0.0648. The molecule has 0 saturated carbocycles. The van der Waals surface area contributed by atoms with Crippen molar-refractivity contribution < 1.29 is 4.79 Å². The fourth-order valence-electron chi connectivity index (χ4n) is 0.273. The molecule has 0 heterocycles. The lowest BCUT2D eigenvalue weighted by molar-refractivity contribution is 0.340. The summed E-state index contributed by atoms with van der Waals surface area (Å²) in [5.41, 5.74) is 0.0808. The van der Waals surface area contributed by atoms with E-state index >= 15 is 0 Å². The summed E-state index contributed by atoms with van der Waals surface area (Å²) in [4.78, 5) is 13.4. The number of carbonyl (C=O) groups excluding carboxylic acids is 1. The average molecular weight is 127 g/mol. The summed E-state index contributed by atoms with van der Waals surface area (Å²) < 4.78 is 0. The van der Waals surface area contributed by atoms with Gasteiger partial charge in [0.25, 0.3) is 0 Å². The quantitative estimate of drug-likeness (QED) is 0.390. The third kappa shape index (κ3) is 3.04. The molecule has 9 heavy (non-hydrogen) atoms. The Morgan fingerprint density at radius 3 is 2.00 bits per heavy atom. The van der Waals surface area contributed by atoms with Gasteiger partial charge < -0.3 is 0 Å². The highest BCUT2D eigenvalue weighted by Gasteiger charge is 2.18. The van der Waals surface area contributed by atoms with Crippen LogP contribution in [0.25, 0.3) is 0 Å². The largest absolute Gasteiger partial charge is 0.235 e. The van der Waals surface area contributed by atoms with Crippen molar-refractivity contribution >= 4 is 6.08 Å². The van der Waals surface area contributed by atoms with Crippen molar-refractivity contribution in [3.8, 4) is 0 Å². The molecule has 2 heteroatoms. The van der Waals surface area contributed by atoms with Gasteiger partial charge in [-0.3, -0.25) is 0 Å². The molecule has 2 nitrogen and oxygen atoms in total. The third-order valence-electron chi connectivity index (χ3n) is 1.50. The number of hydrogen-bond donors (Lipinski definition) is 0. The summed E-state index contributed by atoms with van der Waals surface area (Å²) in [6.45, 7) is 8.03. The Morgan fingerprint density at radius 1 is 1.44 bits per heavy atom. The number of nitrogens with zero attached hydrogens (tertiary/aromatic N) is 1. The first-order valence-electron chi connectivity index (χ1n) is 3.05. The molecule has 1 unspecified atom stereocenters. The molecule has 0 bridgehead atoms. The van der Waals surface area contributed by atoms with Gasteiger partial charge in [-0.2, -0.15) is 0 Å². The predicted molar refractivity (Wildman–Crippen MR) is 37.0 cm³/mol. The van der Waals surface area contributed by atoms with Crippen molar-refractivity contribution in [3.63, 3.8) is 0 Å². The Bertz CT molecular complexity index is 128. The van der Waals surface area contributed by atoms with E-state index in [-0.39, 0.29) is 11.5 Å². The van der Waals surface area contributed by atoms with E-state index in [1.54, 1.807) is 6.08 Å². The van der Waals surface area contributed by atoms with E-state index in [1.165, 1.54) is 0 Å². The normalized spacial score (nSPS) is 14.2. The van der Waals surface area contributed by atoms with Crippen LogP contribution in [0.15, 0.2) is 4.99 Å². The maximum absolute atomic E-state index is 9.77. The van der Waals surface area contributed by atoms with E-state index in [1.807, 2.05) is 27.7 Å². The molecule has 0 fully saturated rings. The number of hydrogen-bond acceptors (Lipinski definition) is 2. The Morgan fingerprint density at radius 2 is 1.89 bits per heavy atom. The molecule has 0 radical (unpaired) electrons. The smallest absolute Gasteiger partial charge is 0.211 e. The number of isocyanates is 1. The Labute approximate surface area is 56.0 Å². The Hall–Kier alpha value is -0.620. The Balaban J connectivity index is 4.03. The first kappa shape index (κ1) is 8.38. The first-order valence-corrected chi connectivity index (χ1v) is 3.05. The molecule has 0 aliphatic carbocycles. The van der Waals surface area contributed by atoms with Gasteiger partial charge in [-0.25, -0.2) is 9.79 Å². The minimum atomic E-state index is 0.0648. The average Bonchev–Trinajstić information content (AvgIpc) is 1.64. The van der Waals surface area contributed by atoms with E-state index < -0.39 is 0 Å². The fraction of sp³-hybridized carbons (Fsp3) is 0.857. The van der Waals surface area contributed by atoms with Gasteiger partial charge in [-0.15, -0.1) is 0 Å². The zero-order chi connectivity index (χ0) is 7.49. The van der Waals surface area contributed by atoms with E-state index in [9.17, 15) is 4.79 Å². The summed E-state index contributed by atoms with van der Waals surface area (Å²) in [5.74, 6) is 0. The van der Waals surface area contributed by atoms with E-state index in [2.05, 4.69) is 4.99 Å². The lowest BCUT2D eigenvalue weighted by Gasteiger charge is -2.21. The molecule has 0 saturated heterocycles. The molecule has 0 aliphatic heterocycles. The molecule has 0 aromatic heterocycles. The molecule has 52 valence electrons. The van der Waals surface area contributed by atoms with Gasteiger partial charge in [-0.1, -0.05) is 20.8 Å². The first-order chi connectivity index (χ1) is 3.98. The molecule has 0 N–H and O–H groups in total. The highest BCUT2D eigenvalue weighted by atomic mass is 16.1. The summed E-state index contributed by atoms with van der Waals surface area (Å²) in [5, 5.41) is 0. The van der Waals surface area contributed by atoms with Crippen molar-refractivity contribution in [3.05, 3.63) is 0 Å². The van der Waals surface area contributed by atoms with Crippen LogP contribution in [0.2, 0.25) is 0 Å². The zero-order valence-corrected chi connectivity index (χ0v) is 6.43. The Kier molecular flexibility index (Phi) is 2.60. The van der Waals surface area contributed by atoms with Gasteiger partial charge in [0.15, 0.2) is 0 Å². The summed E-state index contributed by atoms with van der Waals surface area (Å²) in [6.07, 6.45) is 1.55. The van der Waals surface area contributed by atoms with Gasteiger partial charge in [0.05, 0.1) is 6.04 Å². The summed E-state index contributed by atoms with van der Waals surface area (Å²) in [7, 11) is 0.